The van der Waals surface area contributed by atoms with Crippen molar-refractivity contribution in [3.8, 4) is 0 Å². The van der Waals surface area contributed by atoms with Gasteiger partial charge in [0.1, 0.15) is 24.0 Å². The molecule has 5 nitrogen and oxygen atoms in total. The first-order chi connectivity index (χ1) is 22.4. The van der Waals surface area contributed by atoms with E-state index < -0.39 is 18.4 Å². The molecule has 0 amide bonds. The van der Waals surface area contributed by atoms with Crippen molar-refractivity contribution in [2.75, 3.05) is 0 Å². The summed E-state index contributed by atoms with van der Waals surface area (Å²) >= 11 is 0. The zero-order valence-corrected chi connectivity index (χ0v) is 31.3. The normalized spacial score (nSPS) is 13.0. The number of carbonyl (C=O) groups is 2. The van der Waals surface area contributed by atoms with Crippen LogP contribution in [0.15, 0.2) is 0 Å². The lowest BCUT2D eigenvalue weighted by atomic mass is 9.88. The van der Waals surface area contributed by atoms with Crippen LogP contribution in [0.4, 0.5) is 0 Å². The zero-order valence-electron chi connectivity index (χ0n) is 31.3. The molecule has 0 aliphatic carbocycles. The van der Waals surface area contributed by atoms with E-state index in [9.17, 15) is 19.8 Å². The first kappa shape index (κ1) is 45.2. The van der Waals surface area contributed by atoms with Gasteiger partial charge in [0.15, 0.2) is 0 Å². The highest BCUT2D eigenvalue weighted by Crippen LogP contribution is 2.20. The van der Waals surface area contributed by atoms with Crippen LogP contribution in [0.3, 0.4) is 0 Å². The van der Waals surface area contributed by atoms with Crippen molar-refractivity contribution in [3.63, 3.8) is 0 Å². The fourth-order valence-electron chi connectivity index (χ4n) is 6.70. The lowest BCUT2D eigenvalue weighted by Gasteiger charge is -2.21. The summed E-state index contributed by atoms with van der Waals surface area (Å²) in [6.45, 7) is 6.08. The molecule has 3 N–H and O–H groups in total. The summed E-state index contributed by atoms with van der Waals surface area (Å²) < 4.78 is 0. The van der Waals surface area contributed by atoms with Gasteiger partial charge < -0.3 is 10.2 Å². The first-order valence-electron chi connectivity index (χ1n) is 20.6. The molecular weight excluding hydrogens is 570 g/mol. The van der Waals surface area contributed by atoms with E-state index in [4.69, 9.17) is 0 Å². The molecule has 0 aromatic carbocycles. The Labute approximate surface area is 287 Å². The molecule has 0 fully saturated rings. The summed E-state index contributed by atoms with van der Waals surface area (Å²) in [6, 6.07) is 0. The van der Waals surface area contributed by atoms with Crippen LogP contribution in [0.1, 0.15) is 233 Å². The maximum atomic E-state index is 13.1. The smallest absolute Gasteiger partial charge is 0.143 e. The van der Waals surface area contributed by atoms with Crippen molar-refractivity contribution >= 4 is 11.6 Å². The summed E-state index contributed by atoms with van der Waals surface area (Å²) in [5, 5.41) is 22.5. The maximum absolute atomic E-state index is 13.1. The highest BCUT2D eigenvalue weighted by molar-refractivity contribution is 6.02. The Kier molecular flexibility index (Phi) is 34.9. The van der Waals surface area contributed by atoms with E-state index in [1.54, 1.807) is 0 Å². The average molecular weight is 652 g/mol. The molecule has 0 aliphatic rings. The second-order valence-electron chi connectivity index (χ2n) is 14.5. The van der Waals surface area contributed by atoms with E-state index in [-0.39, 0.29) is 18.0 Å². The van der Waals surface area contributed by atoms with Gasteiger partial charge >= 0.3 is 0 Å². The fraction of sp³-hybridized carbons (Fsp3) is 0.951. The number of rotatable bonds is 38. The number of carbonyl (C=O) groups excluding carboxylic acids is 2. The number of aliphatic hydroxyl groups excluding tert-OH is 2. The van der Waals surface area contributed by atoms with E-state index in [1.165, 1.54) is 161 Å². The summed E-state index contributed by atoms with van der Waals surface area (Å²) in [5.41, 5.74) is 0. The molecule has 274 valence electrons. The molecule has 2 unspecified atom stereocenters. The van der Waals surface area contributed by atoms with Crippen molar-refractivity contribution < 1.29 is 19.8 Å². The molecule has 0 spiro atoms. The fourth-order valence-corrected chi connectivity index (χ4v) is 6.70. The molecule has 0 aromatic heterocycles. The number of hydrogen-bond acceptors (Lipinski definition) is 5. The highest BCUT2D eigenvalue weighted by Gasteiger charge is 2.28. The van der Waals surface area contributed by atoms with Crippen molar-refractivity contribution in [1.29, 1.82) is 0 Å². The molecule has 0 saturated carbocycles. The minimum atomic E-state index is -1.06. The van der Waals surface area contributed by atoms with Gasteiger partial charge in [-0.25, -0.2) is 0 Å². The van der Waals surface area contributed by atoms with E-state index in [2.05, 4.69) is 19.2 Å². The van der Waals surface area contributed by atoms with Crippen LogP contribution in [-0.4, -0.2) is 34.2 Å². The molecule has 5 heteroatoms. The molecule has 46 heavy (non-hydrogen) atoms. The zero-order chi connectivity index (χ0) is 33.9. The Hall–Kier alpha value is -0.780. The van der Waals surface area contributed by atoms with Crippen LogP contribution < -0.4 is 5.32 Å². The van der Waals surface area contributed by atoms with Crippen LogP contribution in [0.5, 0.6) is 0 Å². The van der Waals surface area contributed by atoms with Crippen molar-refractivity contribution in [2.45, 2.75) is 245 Å². The molecule has 0 aromatic rings. The van der Waals surface area contributed by atoms with Crippen LogP contribution >= 0.6 is 0 Å². The Balaban J connectivity index is 4.03. The average Bonchev–Trinajstić information content (AvgIpc) is 3.03. The predicted octanol–water partition coefficient (Wildman–Crippen LogP) is 11.9. The number of ketones is 2. The second kappa shape index (κ2) is 35.5. The molecule has 0 bridgehead atoms. The van der Waals surface area contributed by atoms with Crippen molar-refractivity contribution in [3.05, 3.63) is 0 Å². The van der Waals surface area contributed by atoms with Gasteiger partial charge in [0, 0.05) is 19.3 Å². The van der Waals surface area contributed by atoms with Gasteiger partial charge in [-0.15, -0.1) is 0 Å². The third-order valence-electron chi connectivity index (χ3n) is 9.72. The third kappa shape index (κ3) is 31.8. The molecule has 0 rings (SSSR count). The van der Waals surface area contributed by atoms with E-state index >= 15 is 0 Å². The lowest BCUT2D eigenvalue weighted by molar-refractivity contribution is -0.135. The number of nitrogens with one attached hydrogen (secondary N) is 1. The Morgan fingerprint density at radius 1 is 0.435 bits per heavy atom. The van der Waals surface area contributed by atoms with Crippen LogP contribution in [0, 0.1) is 5.92 Å². The third-order valence-corrected chi connectivity index (χ3v) is 9.72. The summed E-state index contributed by atoms with van der Waals surface area (Å²) in [5.74, 6) is -0.835. The first-order valence-corrected chi connectivity index (χ1v) is 20.6. The van der Waals surface area contributed by atoms with Crippen molar-refractivity contribution in [1.82, 2.24) is 5.32 Å². The number of aliphatic hydroxyl groups is 2. The Morgan fingerprint density at radius 3 is 0.913 bits per heavy atom. The number of unbranched alkanes of at least 4 members (excludes halogenated alkanes) is 28. The topological polar surface area (TPSA) is 86.6 Å². The van der Waals surface area contributed by atoms with Gasteiger partial charge in [0.2, 0.25) is 0 Å². The maximum Gasteiger partial charge on any atom is 0.143 e. The van der Waals surface area contributed by atoms with Crippen LogP contribution in [-0.2, 0) is 9.59 Å². The predicted molar refractivity (Wildman–Crippen MR) is 198 cm³/mol. The largest absolute Gasteiger partial charge is 0.379 e. The van der Waals surface area contributed by atoms with Gasteiger partial charge in [0.05, 0.1) is 5.92 Å². The lowest BCUT2D eigenvalue weighted by Crippen LogP contribution is -2.40. The SMILES string of the molecule is CCCCCCCCCCCCCCCCCC(=O)C(CC(O)NC(C)O)C(=O)CCCCCCCCCCCCCCCCC. The highest BCUT2D eigenvalue weighted by atomic mass is 16.3. The second-order valence-corrected chi connectivity index (χ2v) is 14.5. The molecule has 0 heterocycles. The Bertz CT molecular complexity index is 606. The van der Waals surface area contributed by atoms with Crippen molar-refractivity contribution in [2.24, 2.45) is 5.92 Å². The van der Waals surface area contributed by atoms with Gasteiger partial charge in [0.25, 0.3) is 0 Å². The minimum Gasteiger partial charge on any atom is -0.379 e. The van der Waals surface area contributed by atoms with Gasteiger partial charge in [-0.2, -0.15) is 0 Å². The molecule has 0 aliphatic heterocycles. The van der Waals surface area contributed by atoms with E-state index in [0.29, 0.717) is 12.8 Å². The van der Waals surface area contributed by atoms with Crippen LogP contribution in [0.25, 0.3) is 0 Å². The van der Waals surface area contributed by atoms with E-state index in [0.717, 1.165) is 38.5 Å². The Morgan fingerprint density at radius 2 is 0.674 bits per heavy atom. The number of Topliss-reactive ketones (excluding diaryl/α,β-unsaturated/α-hetero) is 2. The molecule has 0 radical (unpaired) electrons. The van der Waals surface area contributed by atoms with Gasteiger partial charge in [-0.1, -0.05) is 194 Å². The summed E-state index contributed by atoms with van der Waals surface area (Å²) in [6.07, 6.45) is 37.4. The molecule has 0 saturated heterocycles. The molecule has 2 atom stereocenters. The standard InChI is InChI=1S/C41H81NO4/c1-4-6-8-10-12-14-16-18-20-22-24-26-28-30-32-34-39(44)38(36-41(46)42-37(3)43)40(45)35-33-31-29-27-25-23-21-19-17-15-13-11-9-7-5-2/h37-38,41-43,46H,4-36H2,1-3H3. The van der Waals surface area contributed by atoms with E-state index in [1.807, 2.05) is 0 Å². The minimum absolute atomic E-state index is 0.0351. The van der Waals surface area contributed by atoms with Gasteiger partial charge in [-0.05, 0) is 19.8 Å². The summed E-state index contributed by atoms with van der Waals surface area (Å²) in [7, 11) is 0. The monoisotopic (exact) mass is 652 g/mol. The van der Waals surface area contributed by atoms with Gasteiger partial charge in [-0.3, -0.25) is 14.9 Å². The quantitative estimate of drug-likeness (QED) is 0.0351. The number of hydrogen-bond donors (Lipinski definition) is 3. The van der Waals surface area contributed by atoms with Crippen LogP contribution in [0.2, 0.25) is 0 Å². The molecular formula is C41H81NO4. The summed E-state index contributed by atoms with van der Waals surface area (Å²) in [4.78, 5) is 26.2.